The molecule has 0 aromatic rings. The predicted octanol–water partition coefficient (Wildman–Crippen LogP) is 0.839. The maximum Gasteiger partial charge on any atom is 0.236 e. The molecule has 2 atom stereocenters. The minimum absolute atomic E-state index is 0.0320. The molecule has 13 heavy (non-hydrogen) atoms. The van der Waals surface area contributed by atoms with Gasteiger partial charge in [-0.1, -0.05) is 13.8 Å². The van der Waals surface area contributed by atoms with E-state index in [4.69, 9.17) is 5.73 Å². The van der Waals surface area contributed by atoms with Crippen molar-refractivity contribution >= 4 is 17.7 Å². The van der Waals surface area contributed by atoms with Gasteiger partial charge in [-0.05, 0) is 24.3 Å². The molecule has 1 amide bonds. The average molecular weight is 204 g/mol. The molecule has 0 aliphatic heterocycles. The summed E-state index contributed by atoms with van der Waals surface area (Å²) in [5.41, 5.74) is 5.56. The van der Waals surface area contributed by atoms with Gasteiger partial charge in [0, 0.05) is 6.54 Å². The zero-order valence-electron chi connectivity index (χ0n) is 8.67. The van der Waals surface area contributed by atoms with Crippen molar-refractivity contribution in [3.8, 4) is 0 Å². The summed E-state index contributed by atoms with van der Waals surface area (Å²) in [6.45, 7) is 4.76. The number of thioether (sulfide) groups is 1. The molecule has 0 aromatic heterocycles. The molecule has 0 heterocycles. The Kier molecular flexibility index (Phi) is 7.09. The molecule has 0 aliphatic rings. The van der Waals surface area contributed by atoms with Gasteiger partial charge in [-0.15, -0.1) is 0 Å². The molecule has 0 fully saturated rings. The van der Waals surface area contributed by atoms with Gasteiger partial charge in [-0.2, -0.15) is 11.8 Å². The van der Waals surface area contributed by atoms with Crippen molar-refractivity contribution in [2.75, 3.05) is 18.6 Å². The van der Waals surface area contributed by atoms with Crippen molar-refractivity contribution in [2.24, 2.45) is 11.7 Å². The third kappa shape index (κ3) is 5.93. The van der Waals surface area contributed by atoms with Crippen LogP contribution in [0.15, 0.2) is 0 Å². The Morgan fingerprint density at radius 1 is 1.62 bits per heavy atom. The molecular weight excluding hydrogens is 184 g/mol. The maximum atomic E-state index is 11.2. The zero-order valence-corrected chi connectivity index (χ0v) is 9.49. The number of amides is 1. The molecule has 0 saturated carbocycles. The van der Waals surface area contributed by atoms with Crippen LogP contribution in [0.3, 0.4) is 0 Å². The van der Waals surface area contributed by atoms with E-state index < -0.39 is 0 Å². The summed E-state index contributed by atoms with van der Waals surface area (Å²) in [6, 6.07) is -0.346. The van der Waals surface area contributed by atoms with Gasteiger partial charge in [0.15, 0.2) is 0 Å². The van der Waals surface area contributed by atoms with Gasteiger partial charge in [0.25, 0.3) is 0 Å². The molecule has 0 rings (SSSR count). The summed E-state index contributed by atoms with van der Waals surface area (Å²) < 4.78 is 0. The topological polar surface area (TPSA) is 55.1 Å². The number of hydrogen-bond acceptors (Lipinski definition) is 3. The lowest BCUT2D eigenvalue weighted by molar-refractivity contribution is -0.122. The van der Waals surface area contributed by atoms with Crippen molar-refractivity contribution in [2.45, 2.75) is 26.3 Å². The highest BCUT2D eigenvalue weighted by Gasteiger charge is 2.11. The second-order valence-electron chi connectivity index (χ2n) is 3.32. The maximum absolute atomic E-state index is 11.2. The second kappa shape index (κ2) is 7.21. The smallest absolute Gasteiger partial charge is 0.236 e. The first-order valence-electron chi connectivity index (χ1n) is 4.64. The lowest BCUT2D eigenvalue weighted by Crippen LogP contribution is -2.41. The zero-order chi connectivity index (χ0) is 10.3. The van der Waals surface area contributed by atoms with Crippen LogP contribution in [0.4, 0.5) is 0 Å². The first-order chi connectivity index (χ1) is 6.11. The largest absolute Gasteiger partial charge is 0.354 e. The van der Waals surface area contributed by atoms with Crippen molar-refractivity contribution in [1.82, 2.24) is 5.32 Å². The first-order valence-corrected chi connectivity index (χ1v) is 6.03. The van der Waals surface area contributed by atoms with E-state index in [0.29, 0.717) is 12.3 Å². The van der Waals surface area contributed by atoms with Gasteiger partial charge >= 0.3 is 0 Å². The van der Waals surface area contributed by atoms with E-state index in [9.17, 15) is 4.79 Å². The van der Waals surface area contributed by atoms with Crippen molar-refractivity contribution in [3.05, 3.63) is 0 Å². The highest BCUT2D eigenvalue weighted by molar-refractivity contribution is 7.98. The van der Waals surface area contributed by atoms with Crippen LogP contribution in [0.1, 0.15) is 20.3 Å². The molecule has 1 unspecified atom stereocenters. The SMILES string of the molecule is CC[C@H](N)C(=O)NCC(C)CSC. The fourth-order valence-electron chi connectivity index (χ4n) is 0.935. The number of nitrogens with two attached hydrogens (primary N) is 1. The molecule has 3 N–H and O–H groups in total. The molecule has 0 spiro atoms. The van der Waals surface area contributed by atoms with E-state index >= 15 is 0 Å². The fourth-order valence-corrected chi connectivity index (χ4v) is 1.62. The Morgan fingerprint density at radius 3 is 2.69 bits per heavy atom. The number of carbonyl (C=O) groups is 1. The number of nitrogens with one attached hydrogen (secondary N) is 1. The summed E-state index contributed by atoms with van der Waals surface area (Å²) in [5.74, 6) is 1.56. The van der Waals surface area contributed by atoms with E-state index in [1.54, 1.807) is 11.8 Å². The monoisotopic (exact) mass is 204 g/mol. The van der Waals surface area contributed by atoms with Crippen LogP contribution >= 0.6 is 11.8 Å². The van der Waals surface area contributed by atoms with Crippen LogP contribution < -0.4 is 11.1 Å². The van der Waals surface area contributed by atoms with Crippen LogP contribution in [-0.4, -0.2) is 30.5 Å². The van der Waals surface area contributed by atoms with Gasteiger partial charge < -0.3 is 11.1 Å². The summed E-state index contributed by atoms with van der Waals surface area (Å²) in [6.07, 6.45) is 2.76. The molecule has 0 aromatic carbocycles. The molecule has 3 nitrogen and oxygen atoms in total. The van der Waals surface area contributed by atoms with Crippen LogP contribution in [0.5, 0.6) is 0 Å². The van der Waals surface area contributed by atoms with Crippen molar-refractivity contribution < 1.29 is 4.79 Å². The predicted molar refractivity (Wildman–Crippen MR) is 58.8 cm³/mol. The lowest BCUT2D eigenvalue weighted by Gasteiger charge is -2.13. The molecule has 0 aliphatic carbocycles. The highest BCUT2D eigenvalue weighted by atomic mass is 32.2. The lowest BCUT2D eigenvalue weighted by atomic mass is 10.2. The number of carbonyl (C=O) groups excluding carboxylic acids is 1. The Hall–Kier alpha value is -0.220. The number of rotatable bonds is 6. The molecule has 0 saturated heterocycles. The van der Waals surface area contributed by atoms with Crippen molar-refractivity contribution in [3.63, 3.8) is 0 Å². The summed E-state index contributed by atoms with van der Waals surface area (Å²) >= 11 is 1.79. The van der Waals surface area contributed by atoms with Crippen LogP contribution in [0, 0.1) is 5.92 Å². The van der Waals surface area contributed by atoms with Crippen LogP contribution in [0.25, 0.3) is 0 Å². The van der Waals surface area contributed by atoms with Gasteiger partial charge in [0.2, 0.25) is 5.91 Å². The third-order valence-corrected chi connectivity index (χ3v) is 2.75. The highest BCUT2D eigenvalue weighted by Crippen LogP contribution is 2.02. The summed E-state index contributed by atoms with van der Waals surface area (Å²) in [4.78, 5) is 11.2. The van der Waals surface area contributed by atoms with Gasteiger partial charge in [0.05, 0.1) is 6.04 Å². The van der Waals surface area contributed by atoms with E-state index in [1.807, 2.05) is 6.92 Å². The van der Waals surface area contributed by atoms with Crippen LogP contribution in [0.2, 0.25) is 0 Å². The Morgan fingerprint density at radius 2 is 2.23 bits per heavy atom. The Bertz CT molecular complexity index is 153. The average Bonchev–Trinajstić information content (AvgIpc) is 2.13. The number of hydrogen-bond donors (Lipinski definition) is 2. The Labute approximate surface area is 84.8 Å². The first kappa shape index (κ1) is 12.8. The molecule has 78 valence electrons. The molecule has 0 radical (unpaired) electrons. The van der Waals surface area contributed by atoms with Gasteiger partial charge in [-0.3, -0.25) is 4.79 Å². The fraction of sp³-hybridized carbons (Fsp3) is 0.889. The minimum Gasteiger partial charge on any atom is -0.354 e. The van der Waals surface area contributed by atoms with Crippen LogP contribution in [-0.2, 0) is 4.79 Å². The van der Waals surface area contributed by atoms with Crippen molar-refractivity contribution in [1.29, 1.82) is 0 Å². The van der Waals surface area contributed by atoms with E-state index in [-0.39, 0.29) is 11.9 Å². The summed E-state index contributed by atoms with van der Waals surface area (Å²) in [7, 11) is 0. The molecule has 4 heteroatoms. The molecular formula is C9H20N2OS. The van der Waals surface area contributed by atoms with Gasteiger partial charge in [0.1, 0.15) is 0 Å². The molecule has 0 bridgehead atoms. The minimum atomic E-state index is -0.346. The van der Waals surface area contributed by atoms with E-state index in [0.717, 1.165) is 12.3 Å². The van der Waals surface area contributed by atoms with E-state index in [2.05, 4.69) is 18.5 Å². The normalized spacial score (nSPS) is 15.1. The second-order valence-corrected chi connectivity index (χ2v) is 4.23. The van der Waals surface area contributed by atoms with E-state index in [1.165, 1.54) is 0 Å². The Balaban J connectivity index is 3.57. The summed E-state index contributed by atoms with van der Waals surface area (Å²) in [5, 5.41) is 2.84. The quantitative estimate of drug-likeness (QED) is 0.674. The van der Waals surface area contributed by atoms with Gasteiger partial charge in [-0.25, -0.2) is 0 Å². The third-order valence-electron chi connectivity index (χ3n) is 1.85. The standard InChI is InChI=1S/C9H20N2OS/c1-4-8(10)9(12)11-5-7(2)6-13-3/h7-8H,4-6,10H2,1-3H3,(H,11,12)/t7?,8-/m0/s1.